The van der Waals surface area contributed by atoms with Crippen LogP contribution >= 0.6 is 0 Å². The van der Waals surface area contributed by atoms with Crippen molar-refractivity contribution in [3.8, 4) is 0 Å². The standard InChI is InChI=1S/C48H82O13/c1-3-5-7-9-11-13-15-17-19-21-23-25-27-29-31-33-40(51)57-37-48(61-47-45(56)44(55)42(53)38(35-49)58-47)46(43(54)39(36-50)60-48)59-41(52)34-32-30-28-26-24-22-20-18-16-14-12-10-8-6-4-2/h11-14,17-20,38-39,42-47,49-50,53-56H,3-10,15-16,21-37H2,1-2H3/t38-,39-,42-,43-,44+,45-,46+,47-,48+/m1/s1. The van der Waals surface area contributed by atoms with E-state index in [0.29, 0.717) is 12.8 Å². The van der Waals surface area contributed by atoms with Gasteiger partial charge in [0, 0.05) is 12.8 Å². The molecule has 0 radical (unpaired) electrons. The van der Waals surface area contributed by atoms with Crippen LogP contribution in [0.1, 0.15) is 168 Å². The van der Waals surface area contributed by atoms with Crippen molar-refractivity contribution in [2.75, 3.05) is 19.8 Å². The molecule has 0 unspecified atom stereocenters. The highest BCUT2D eigenvalue weighted by atomic mass is 16.8. The first-order chi connectivity index (χ1) is 29.6. The molecule has 13 nitrogen and oxygen atoms in total. The van der Waals surface area contributed by atoms with E-state index in [1.165, 1.54) is 38.5 Å². The van der Waals surface area contributed by atoms with Gasteiger partial charge in [-0.25, -0.2) is 0 Å². The van der Waals surface area contributed by atoms with Gasteiger partial charge in [0.2, 0.25) is 5.79 Å². The average Bonchev–Trinajstić information content (AvgIpc) is 3.51. The Kier molecular flexibility index (Phi) is 30.5. The van der Waals surface area contributed by atoms with Gasteiger partial charge in [0.15, 0.2) is 12.4 Å². The van der Waals surface area contributed by atoms with Crippen LogP contribution in [0.15, 0.2) is 48.6 Å². The summed E-state index contributed by atoms with van der Waals surface area (Å²) in [7, 11) is 0. The van der Waals surface area contributed by atoms with E-state index in [-0.39, 0.29) is 12.8 Å². The van der Waals surface area contributed by atoms with Crippen molar-refractivity contribution < 1.29 is 63.9 Å². The van der Waals surface area contributed by atoms with E-state index in [4.69, 9.17) is 23.7 Å². The number of hydrogen-bond donors (Lipinski definition) is 6. The average molecular weight is 867 g/mol. The second-order valence-corrected chi connectivity index (χ2v) is 16.5. The maximum absolute atomic E-state index is 13.2. The van der Waals surface area contributed by atoms with E-state index < -0.39 is 86.6 Å². The van der Waals surface area contributed by atoms with Crippen LogP contribution < -0.4 is 0 Å². The molecule has 0 aliphatic carbocycles. The quantitative estimate of drug-likeness (QED) is 0.0210. The lowest BCUT2D eigenvalue weighted by Gasteiger charge is -2.43. The molecule has 9 atom stereocenters. The number of aliphatic hydroxyl groups excluding tert-OH is 6. The minimum atomic E-state index is -2.29. The fourth-order valence-electron chi connectivity index (χ4n) is 7.37. The van der Waals surface area contributed by atoms with Crippen molar-refractivity contribution in [3.63, 3.8) is 0 Å². The Balaban J connectivity index is 1.91. The van der Waals surface area contributed by atoms with E-state index in [0.717, 1.165) is 89.9 Å². The molecule has 2 aliphatic heterocycles. The van der Waals surface area contributed by atoms with E-state index in [1.54, 1.807) is 0 Å². The second kappa shape index (κ2) is 34.0. The maximum Gasteiger partial charge on any atom is 0.306 e. The lowest BCUT2D eigenvalue weighted by molar-refractivity contribution is -0.384. The number of unbranched alkanes of at least 4 members (excludes halogenated alkanes) is 16. The van der Waals surface area contributed by atoms with Crippen LogP contribution in [0.4, 0.5) is 0 Å². The predicted molar refractivity (Wildman–Crippen MR) is 235 cm³/mol. The summed E-state index contributed by atoms with van der Waals surface area (Å²) in [5, 5.41) is 62.6. The number of aliphatic hydroxyl groups is 6. The van der Waals surface area contributed by atoms with E-state index >= 15 is 0 Å². The zero-order chi connectivity index (χ0) is 44.6. The molecule has 0 aromatic rings. The molecule has 13 heteroatoms. The van der Waals surface area contributed by atoms with Crippen molar-refractivity contribution in [2.45, 2.75) is 223 Å². The normalized spacial score (nSPS) is 27.0. The molecule has 0 aromatic heterocycles. The summed E-state index contributed by atoms with van der Waals surface area (Å²) in [5.41, 5.74) is 0. The van der Waals surface area contributed by atoms with Crippen LogP contribution in [0.5, 0.6) is 0 Å². The van der Waals surface area contributed by atoms with Crippen LogP contribution in [0.3, 0.4) is 0 Å². The van der Waals surface area contributed by atoms with Crippen molar-refractivity contribution in [1.82, 2.24) is 0 Å². The molecule has 2 aliphatic rings. The van der Waals surface area contributed by atoms with Gasteiger partial charge in [0.25, 0.3) is 0 Å². The molecule has 0 saturated carbocycles. The number of carbonyl (C=O) groups excluding carboxylic acids is 2. The molecule has 0 amide bonds. The van der Waals surface area contributed by atoms with Crippen LogP contribution in [0.25, 0.3) is 0 Å². The summed E-state index contributed by atoms with van der Waals surface area (Å²) in [6.07, 6.45) is 27.0. The van der Waals surface area contributed by atoms with Crippen molar-refractivity contribution in [3.05, 3.63) is 48.6 Å². The minimum Gasteiger partial charge on any atom is -0.460 e. The van der Waals surface area contributed by atoms with E-state index in [9.17, 15) is 40.2 Å². The Morgan fingerprint density at radius 2 is 1.00 bits per heavy atom. The summed E-state index contributed by atoms with van der Waals surface area (Å²) < 4.78 is 28.8. The van der Waals surface area contributed by atoms with Crippen molar-refractivity contribution >= 4 is 11.9 Å². The number of esters is 2. The highest BCUT2D eigenvalue weighted by molar-refractivity contribution is 5.70. The van der Waals surface area contributed by atoms with Gasteiger partial charge >= 0.3 is 11.9 Å². The van der Waals surface area contributed by atoms with Gasteiger partial charge in [0.1, 0.15) is 43.2 Å². The van der Waals surface area contributed by atoms with Crippen LogP contribution in [0, 0.1) is 0 Å². The monoisotopic (exact) mass is 867 g/mol. The minimum absolute atomic E-state index is 0.0141. The van der Waals surface area contributed by atoms with Crippen LogP contribution in [-0.2, 0) is 33.3 Å². The topological polar surface area (TPSA) is 202 Å². The lowest BCUT2D eigenvalue weighted by atomic mass is 9.99. The molecular formula is C48H82O13. The zero-order valence-electron chi connectivity index (χ0n) is 37.4. The van der Waals surface area contributed by atoms with Crippen LogP contribution in [0.2, 0.25) is 0 Å². The third-order valence-electron chi connectivity index (χ3n) is 11.2. The summed E-state index contributed by atoms with van der Waals surface area (Å²) in [6, 6.07) is 0. The van der Waals surface area contributed by atoms with Gasteiger partial charge in [-0.1, -0.05) is 127 Å². The number of ether oxygens (including phenoxy) is 5. The van der Waals surface area contributed by atoms with Crippen molar-refractivity contribution in [1.29, 1.82) is 0 Å². The molecule has 61 heavy (non-hydrogen) atoms. The summed E-state index contributed by atoms with van der Waals surface area (Å²) in [6.45, 7) is 2.22. The number of rotatable bonds is 35. The van der Waals surface area contributed by atoms with Gasteiger partial charge in [-0.15, -0.1) is 0 Å². The molecular weight excluding hydrogens is 785 g/mol. The lowest BCUT2D eigenvalue weighted by Crippen LogP contribution is -2.63. The Morgan fingerprint density at radius 1 is 0.541 bits per heavy atom. The van der Waals surface area contributed by atoms with Gasteiger partial charge in [-0.3, -0.25) is 9.59 Å². The SMILES string of the molecule is CCCCCC=CCC=CCCCCCCCC(=O)OC[C@@]1(O[C@H]2O[C@H](CO)[C@@H](O)[C@H](O)[C@H]2O)O[C@H](CO)[C@@H](O)[C@@H]1OC(=O)CCCCCCCC=CCC=CCCCCC. The zero-order valence-corrected chi connectivity index (χ0v) is 37.4. The summed E-state index contributed by atoms with van der Waals surface area (Å²) >= 11 is 0. The number of allylic oxidation sites excluding steroid dienone is 8. The Labute approximate surface area is 366 Å². The molecule has 0 aromatic carbocycles. The third-order valence-corrected chi connectivity index (χ3v) is 11.2. The number of carbonyl (C=O) groups is 2. The van der Waals surface area contributed by atoms with Gasteiger partial charge < -0.3 is 54.3 Å². The largest absolute Gasteiger partial charge is 0.460 e. The van der Waals surface area contributed by atoms with Gasteiger partial charge in [0.05, 0.1) is 13.2 Å². The summed E-state index contributed by atoms with van der Waals surface area (Å²) in [5.74, 6) is -3.58. The molecule has 6 N–H and O–H groups in total. The molecule has 2 fully saturated rings. The fraction of sp³-hybridized carbons (Fsp3) is 0.792. The molecule has 2 heterocycles. The van der Waals surface area contributed by atoms with E-state index in [1.807, 2.05) is 0 Å². The first-order valence-corrected chi connectivity index (χ1v) is 23.5. The number of hydrogen-bond acceptors (Lipinski definition) is 13. The fourth-order valence-corrected chi connectivity index (χ4v) is 7.37. The molecule has 2 saturated heterocycles. The Hall–Kier alpha value is -2.46. The molecule has 0 bridgehead atoms. The highest BCUT2D eigenvalue weighted by Gasteiger charge is 2.61. The molecule has 2 rings (SSSR count). The Morgan fingerprint density at radius 3 is 1.49 bits per heavy atom. The first-order valence-electron chi connectivity index (χ1n) is 23.5. The van der Waals surface area contributed by atoms with Gasteiger partial charge in [-0.2, -0.15) is 0 Å². The highest BCUT2D eigenvalue weighted by Crippen LogP contribution is 2.39. The third kappa shape index (κ3) is 22.1. The maximum atomic E-state index is 13.2. The predicted octanol–water partition coefficient (Wildman–Crippen LogP) is 7.33. The first kappa shape index (κ1) is 54.7. The smallest absolute Gasteiger partial charge is 0.306 e. The molecule has 352 valence electrons. The van der Waals surface area contributed by atoms with Crippen molar-refractivity contribution in [2.24, 2.45) is 0 Å². The Bertz CT molecular complexity index is 1250. The second-order valence-electron chi connectivity index (χ2n) is 16.5. The van der Waals surface area contributed by atoms with Crippen LogP contribution in [-0.4, -0.2) is 117 Å². The summed E-state index contributed by atoms with van der Waals surface area (Å²) in [4.78, 5) is 26.2. The van der Waals surface area contributed by atoms with Gasteiger partial charge in [-0.05, 0) is 77.0 Å². The van der Waals surface area contributed by atoms with E-state index in [2.05, 4.69) is 62.5 Å². The molecule has 0 spiro atoms.